The van der Waals surface area contributed by atoms with Crippen LogP contribution in [0.15, 0.2) is 49.1 Å². The molecule has 0 atom stereocenters. The number of aromatic amines is 1. The predicted octanol–water partition coefficient (Wildman–Crippen LogP) is 4.32. The second-order valence-electron chi connectivity index (χ2n) is 8.20. The first-order valence-corrected chi connectivity index (χ1v) is 10.1. The molecule has 0 bridgehead atoms. The predicted molar refractivity (Wildman–Crippen MR) is 122 cm³/mol. The van der Waals surface area contributed by atoms with Gasteiger partial charge in [0.25, 0.3) is 0 Å². The van der Waals surface area contributed by atoms with Crippen molar-refractivity contribution in [1.82, 2.24) is 24.7 Å². The summed E-state index contributed by atoms with van der Waals surface area (Å²) in [6.07, 6.45) is 5.10. The molecule has 11 heteroatoms. The molecule has 33 heavy (non-hydrogen) atoms. The van der Waals surface area contributed by atoms with E-state index in [0.29, 0.717) is 17.1 Å². The molecule has 0 fully saturated rings. The van der Waals surface area contributed by atoms with Crippen molar-refractivity contribution in [2.45, 2.75) is 26.4 Å². The number of carbonyl (C=O) groups is 2. The maximum Gasteiger partial charge on any atom is 0.419 e. The average Bonchev–Trinajstić information content (AvgIpc) is 3.36. The fraction of sp³-hybridized carbons (Fsp3) is 0.227. The molecule has 3 N–H and O–H groups in total. The van der Waals surface area contributed by atoms with Crippen LogP contribution in [-0.4, -0.2) is 42.5 Å². The van der Waals surface area contributed by atoms with Crippen LogP contribution in [-0.2, 0) is 11.8 Å². The number of fused-ring (bicyclic) bond motifs is 1. The molecule has 0 aliphatic carbocycles. The molecule has 3 heterocycles. The van der Waals surface area contributed by atoms with Crippen LogP contribution < -0.4 is 15.4 Å². The molecule has 3 aromatic heterocycles. The summed E-state index contributed by atoms with van der Waals surface area (Å²) in [6.45, 7) is 5.40. The van der Waals surface area contributed by atoms with Gasteiger partial charge in [-0.25, -0.2) is 14.6 Å². The summed E-state index contributed by atoms with van der Waals surface area (Å²) in [6, 6.07) is 6.98. The lowest BCUT2D eigenvalue weighted by atomic mass is 10.1. The molecule has 11 nitrogen and oxygen atoms in total. The summed E-state index contributed by atoms with van der Waals surface area (Å²) in [5.41, 5.74) is 2.48. The van der Waals surface area contributed by atoms with E-state index in [0.717, 1.165) is 16.5 Å². The van der Waals surface area contributed by atoms with E-state index in [9.17, 15) is 9.59 Å². The number of anilines is 2. The maximum absolute atomic E-state index is 12.2. The van der Waals surface area contributed by atoms with Crippen LogP contribution in [0.5, 0.6) is 6.01 Å². The molecule has 2 amide bonds. The third-order valence-electron chi connectivity index (χ3n) is 4.40. The number of hydrogen-bond acceptors (Lipinski definition) is 7. The van der Waals surface area contributed by atoms with Gasteiger partial charge in [-0.15, -0.1) is 0 Å². The summed E-state index contributed by atoms with van der Waals surface area (Å²) in [4.78, 5) is 35.9. The van der Waals surface area contributed by atoms with Crippen LogP contribution in [0.4, 0.5) is 21.0 Å². The molecule has 0 saturated carbocycles. The van der Waals surface area contributed by atoms with Crippen molar-refractivity contribution in [3.8, 4) is 17.3 Å². The quantitative estimate of drug-likeness (QED) is 0.422. The normalized spacial score (nSPS) is 11.3. The molecule has 4 rings (SSSR count). The number of nitrogens with zero attached hydrogens (tertiary/aromatic N) is 4. The van der Waals surface area contributed by atoms with Gasteiger partial charge in [0.05, 0.1) is 28.8 Å². The van der Waals surface area contributed by atoms with E-state index in [2.05, 4.69) is 30.7 Å². The van der Waals surface area contributed by atoms with Crippen molar-refractivity contribution >= 4 is 34.5 Å². The summed E-state index contributed by atoms with van der Waals surface area (Å²) < 4.78 is 12.1. The summed E-state index contributed by atoms with van der Waals surface area (Å²) in [5.74, 6) is 0. The number of nitrogens with one attached hydrogen (secondary N) is 3. The van der Waals surface area contributed by atoms with Crippen LogP contribution in [0.2, 0.25) is 0 Å². The molecule has 0 spiro atoms. The van der Waals surface area contributed by atoms with Crippen LogP contribution in [0.1, 0.15) is 20.8 Å². The summed E-state index contributed by atoms with van der Waals surface area (Å²) in [7, 11) is 1.73. The highest BCUT2D eigenvalue weighted by Crippen LogP contribution is 2.32. The van der Waals surface area contributed by atoms with Gasteiger partial charge in [0.1, 0.15) is 5.60 Å². The monoisotopic (exact) mass is 449 g/mol. The van der Waals surface area contributed by atoms with Gasteiger partial charge in [0.15, 0.2) is 0 Å². The van der Waals surface area contributed by atoms with Gasteiger partial charge in [0.2, 0.25) is 0 Å². The minimum Gasteiger partial charge on any atom is -0.444 e. The molecule has 4 aromatic rings. The number of benzene rings is 1. The lowest BCUT2D eigenvalue weighted by Gasteiger charge is -2.20. The highest BCUT2D eigenvalue weighted by molar-refractivity contribution is 6.04. The number of amides is 2. The second kappa shape index (κ2) is 8.61. The van der Waals surface area contributed by atoms with Crippen LogP contribution >= 0.6 is 0 Å². The lowest BCUT2D eigenvalue weighted by molar-refractivity contribution is 0.0636. The van der Waals surface area contributed by atoms with Crippen LogP contribution in [0.25, 0.3) is 22.2 Å². The van der Waals surface area contributed by atoms with Crippen molar-refractivity contribution < 1.29 is 19.1 Å². The molecule has 0 unspecified atom stereocenters. The smallest absolute Gasteiger partial charge is 0.419 e. The Morgan fingerprint density at radius 3 is 2.64 bits per heavy atom. The van der Waals surface area contributed by atoms with Crippen molar-refractivity contribution in [3.05, 3.63) is 49.1 Å². The lowest BCUT2D eigenvalue weighted by Crippen LogP contribution is -2.27. The van der Waals surface area contributed by atoms with Crippen molar-refractivity contribution in [1.29, 1.82) is 0 Å². The van der Waals surface area contributed by atoms with Gasteiger partial charge in [-0.05, 0) is 45.0 Å². The van der Waals surface area contributed by atoms with E-state index in [-0.39, 0.29) is 6.01 Å². The second-order valence-corrected chi connectivity index (χ2v) is 8.20. The molecule has 0 radical (unpaired) electrons. The minimum atomic E-state index is -0.734. The van der Waals surface area contributed by atoms with E-state index < -0.39 is 17.8 Å². The van der Waals surface area contributed by atoms with Crippen LogP contribution in [0, 0.1) is 0 Å². The van der Waals surface area contributed by atoms with E-state index in [1.807, 2.05) is 6.07 Å². The van der Waals surface area contributed by atoms with Gasteiger partial charge in [-0.1, -0.05) is 0 Å². The van der Waals surface area contributed by atoms with Crippen molar-refractivity contribution in [3.63, 3.8) is 0 Å². The Hall–Kier alpha value is -4.41. The Balaban J connectivity index is 1.55. The van der Waals surface area contributed by atoms with Gasteiger partial charge < -0.3 is 14.5 Å². The number of H-pyrrole nitrogens is 1. The third-order valence-corrected chi connectivity index (χ3v) is 4.40. The van der Waals surface area contributed by atoms with Gasteiger partial charge in [-0.3, -0.25) is 15.3 Å². The van der Waals surface area contributed by atoms with Gasteiger partial charge >= 0.3 is 18.2 Å². The van der Waals surface area contributed by atoms with E-state index in [1.165, 1.54) is 12.4 Å². The zero-order valence-corrected chi connectivity index (χ0v) is 18.5. The Morgan fingerprint density at radius 1 is 1.09 bits per heavy atom. The number of hydrogen-bond donors (Lipinski definition) is 3. The highest BCUT2D eigenvalue weighted by Gasteiger charge is 2.18. The molecule has 170 valence electrons. The molecule has 1 aromatic carbocycles. The Bertz CT molecular complexity index is 1320. The van der Waals surface area contributed by atoms with E-state index in [4.69, 9.17) is 9.47 Å². The average molecular weight is 449 g/mol. The first kappa shape index (κ1) is 21.8. The van der Waals surface area contributed by atoms with Crippen molar-refractivity contribution in [2.24, 2.45) is 7.05 Å². The zero-order chi connectivity index (χ0) is 23.6. The van der Waals surface area contributed by atoms with Gasteiger partial charge in [-0.2, -0.15) is 10.1 Å². The third kappa shape index (κ3) is 5.26. The summed E-state index contributed by atoms with van der Waals surface area (Å²) >= 11 is 0. The molecule has 0 aliphatic rings. The van der Waals surface area contributed by atoms with Crippen LogP contribution in [0.3, 0.4) is 0 Å². The van der Waals surface area contributed by atoms with Gasteiger partial charge in [0, 0.05) is 36.6 Å². The number of carbonyl (C=O) groups excluding carboxylic acids is 2. The van der Waals surface area contributed by atoms with E-state index in [1.54, 1.807) is 63.1 Å². The first-order chi connectivity index (χ1) is 15.7. The highest BCUT2D eigenvalue weighted by atomic mass is 16.6. The number of rotatable bonds is 4. The number of ether oxygens (including phenoxy) is 2. The largest absolute Gasteiger partial charge is 0.444 e. The van der Waals surface area contributed by atoms with Crippen molar-refractivity contribution in [2.75, 3.05) is 10.6 Å². The fourth-order valence-corrected chi connectivity index (χ4v) is 3.14. The maximum atomic E-state index is 12.2. The standard InChI is InChI=1S/C22H23N7O4/c1-22(2,3)33-21(31)28-16-6-5-14(18-15(16)7-9-23-18)17-8-10-24-19(27-17)32-20(30)26-13-11-25-29(4)12-13/h5-12,23H,1-4H3,(H,26,30)(H,28,31). The Labute approximate surface area is 189 Å². The summed E-state index contributed by atoms with van der Waals surface area (Å²) in [5, 5.41) is 10.1. The Morgan fingerprint density at radius 2 is 1.91 bits per heavy atom. The molecule has 0 saturated heterocycles. The zero-order valence-electron chi connectivity index (χ0n) is 18.5. The minimum absolute atomic E-state index is 0.107. The van der Waals surface area contributed by atoms with E-state index >= 15 is 0 Å². The Kier molecular flexibility index (Phi) is 5.69. The molecule has 0 aliphatic heterocycles. The molecular weight excluding hydrogens is 426 g/mol. The number of aryl methyl sites for hydroxylation is 1. The number of aromatic nitrogens is 5. The SMILES string of the molecule is Cn1cc(NC(=O)Oc2nccc(-c3ccc(NC(=O)OC(C)(C)C)c4cc[nH]c34)n2)cn1. The first-order valence-electron chi connectivity index (χ1n) is 10.1. The topological polar surface area (TPSA) is 136 Å². The fourth-order valence-electron chi connectivity index (χ4n) is 3.14. The molecular formula is C22H23N7O4.